The van der Waals surface area contributed by atoms with Gasteiger partial charge in [-0.2, -0.15) is 0 Å². The summed E-state index contributed by atoms with van der Waals surface area (Å²) in [5.74, 6) is -1.12. The van der Waals surface area contributed by atoms with Crippen LogP contribution in [0.4, 0.5) is 4.39 Å². The van der Waals surface area contributed by atoms with Crippen LogP contribution >= 0.6 is 0 Å². The molecule has 0 bridgehead atoms. The van der Waals surface area contributed by atoms with Crippen molar-refractivity contribution in [2.75, 3.05) is 13.2 Å². The Morgan fingerprint density at radius 3 is 2.42 bits per heavy atom. The van der Waals surface area contributed by atoms with E-state index in [-0.39, 0.29) is 49.2 Å². The minimum absolute atomic E-state index is 0.0386. The molecule has 2 aliphatic rings. The van der Waals surface area contributed by atoms with Crippen LogP contribution in [0.5, 0.6) is 0 Å². The molecule has 0 radical (unpaired) electrons. The molecule has 0 spiro atoms. The quantitative estimate of drug-likeness (QED) is 0.806. The summed E-state index contributed by atoms with van der Waals surface area (Å²) in [4.78, 5) is 25.8. The molecule has 1 N–H and O–H groups in total. The van der Waals surface area contributed by atoms with Gasteiger partial charge in [-0.15, -0.1) is 0 Å². The number of fused-ring (bicyclic) bond motifs is 1. The Bertz CT molecular complexity index is 597. The number of β-amino-alcohol motifs (C(OH)–C–C–N with tert-alkyl or cyclic N) is 1. The molecular weight excluding hydrogens is 313 g/mol. The van der Waals surface area contributed by atoms with Crippen LogP contribution in [-0.4, -0.2) is 41.1 Å². The summed E-state index contributed by atoms with van der Waals surface area (Å²) in [5.41, 5.74) is 0.407. The number of hydrogen-bond acceptors (Lipinski definition) is 4. The highest BCUT2D eigenvalue weighted by atomic mass is 19.1. The third-order valence-corrected chi connectivity index (χ3v) is 4.85. The average Bonchev–Trinajstić information content (AvgIpc) is 2.82. The number of hydrogen-bond donors (Lipinski definition) is 1. The molecule has 1 aliphatic carbocycles. The fourth-order valence-corrected chi connectivity index (χ4v) is 3.59. The van der Waals surface area contributed by atoms with E-state index in [1.165, 1.54) is 11.0 Å². The Hall–Kier alpha value is -1.79. The molecular formula is C18H22FNO4. The first-order valence-corrected chi connectivity index (χ1v) is 8.42. The topological polar surface area (TPSA) is 66.8 Å². The summed E-state index contributed by atoms with van der Waals surface area (Å²) in [6, 6.07) is 6.26. The molecule has 0 unspecified atom stereocenters. The third kappa shape index (κ3) is 3.49. The number of carbonyl (C=O) groups is 2. The van der Waals surface area contributed by atoms with E-state index in [0.29, 0.717) is 5.56 Å². The monoisotopic (exact) mass is 335 g/mol. The lowest BCUT2D eigenvalue weighted by Crippen LogP contribution is -2.39. The number of benzene rings is 1. The van der Waals surface area contributed by atoms with Crippen molar-refractivity contribution >= 4 is 11.8 Å². The zero-order valence-corrected chi connectivity index (χ0v) is 13.5. The van der Waals surface area contributed by atoms with Crippen LogP contribution in [-0.2, 0) is 20.9 Å². The Morgan fingerprint density at radius 2 is 1.79 bits per heavy atom. The van der Waals surface area contributed by atoms with Gasteiger partial charge in [0.2, 0.25) is 11.8 Å². The van der Waals surface area contributed by atoms with E-state index < -0.39 is 6.10 Å². The van der Waals surface area contributed by atoms with Gasteiger partial charge in [0.05, 0.1) is 37.7 Å². The second-order valence-corrected chi connectivity index (χ2v) is 6.54. The largest absolute Gasteiger partial charge is 0.389 e. The zero-order chi connectivity index (χ0) is 17.1. The first-order chi connectivity index (χ1) is 11.6. The fraction of sp³-hybridized carbons (Fsp3) is 0.556. The molecule has 3 rings (SSSR count). The van der Waals surface area contributed by atoms with Crippen LogP contribution in [0.25, 0.3) is 0 Å². The van der Waals surface area contributed by atoms with Gasteiger partial charge in [-0.1, -0.05) is 31.0 Å². The molecule has 1 saturated heterocycles. The first kappa shape index (κ1) is 17.0. The van der Waals surface area contributed by atoms with Crippen molar-refractivity contribution in [3.8, 4) is 0 Å². The lowest BCUT2D eigenvalue weighted by atomic mass is 9.81. The second-order valence-electron chi connectivity index (χ2n) is 6.54. The summed E-state index contributed by atoms with van der Waals surface area (Å²) in [6.45, 7) is -0.0699. The normalized spacial score (nSPS) is 25.0. The van der Waals surface area contributed by atoms with Crippen molar-refractivity contribution in [1.82, 2.24) is 4.90 Å². The number of imide groups is 1. The SMILES string of the molecule is O=C1[C@@H]2CCCC[C@H]2C(=O)N1C[C@@H](O)COCc1ccccc1F. The Balaban J connectivity index is 1.50. The fourth-order valence-electron chi connectivity index (χ4n) is 3.59. The maximum absolute atomic E-state index is 13.5. The molecule has 2 fully saturated rings. The van der Waals surface area contributed by atoms with Crippen LogP contribution in [0.1, 0.15) is 31.2 Å². The third-order valence-electron chi connectivity index (χ3n) is 4.85. The van der Waals surface area contributed by atoms with Gasteiger partial charge in [0.25, 0.3) is 0 Å². The molecule has 1 aromatic rings. The molecule has 3 atom stereocenters. The predicted molar refractivity (Wildman–Crippen MR) is 84.2 cm³/mol. The van der Waals surface area contributed by atoms with E-state index in [2.05, 4.69) is 0 Å². The minimum atomic E-state index is -0.968. The number of nitrogens with zero attached hydrogens (tertiary/aromatic N) is 1. The lowest BCUT2D eigenvalue weighted by Gasteiger charge is -2.19. The van der Waals surface area contributed by atoms with Gasteiger partial charge in [0.1, 0.15) is 5.82 Å². The van der Waals surface area contributed by atoms with Crippen LogP contribution in [0.2, 0.25) is 0 Å². The van der Waals surface area contributed by atoms with Crippen LogP contribution in [0.15, 0.2) is 24.3 Å². The number of aliphatic hydroxyl groups excluding tert-OH is 1. The molecule has 0 aromatic heterocycles. The van der Waals surface area contributed by atoms with Crippen molar-refractivity contribution in [3.05, 3.63) is 35.6 Å². The maximum Gasteiger partial charge on any atom is 0.233 e. The lowest BCUT2D eigenvalue weighted by molar-refractivity contribution is -0.142. The van der Waals surface area contributed by atoms with E-state index in [4.69, 9.17) is 4.74 Å². The van der Waals surface area contributed by atoms with Crippen molar-refractivity contribution in [3.63, 3.8) is 0 Å². The van der Waals surface area contributed by atoms with E-state index in [9.17, 15) is 19.1 Å². The molecule has 130 valence electrons. The smallest absolute Gasteiger partial charge is 0.233 e. The first-order valence-electron chi connectivity index (χ1n) is 8.42. The van der Waals surface area contributed by atoms with Crippen LogP contribution in [0, 0.1) is 17.7 Å². The number of halogens is 1. The molecule has 1 aromatic carbocycles. The molecule has 1 aliphatic heterocycles. The van der Waals surface area contributed by atoms with Gasteiger partial charge in [-0.05, 0) is 18.9 Å². The Morgan fingerprint density at radius 1 is 1.17 bits per heavy atom. The summed E-state index contributed by atoms with van der Waals surface area (Å²) in [5, 5.41) is 10.1. The van der Waals surface area contributed by atoms with Gasteiger partial charge in [0.15, 0.2) is 0 Å². The second kappa shape index (κ2) is 7.40. The highest BCUT2D eigenvalue weighted by Crippen LogP contribution is 2.37. The van der Waals surface area contributed by atoms with Gasteiger partial charge < -0.3 is 9.84 Å². The maximum atomic E-state index is 13.5. The van der Waals surface area contributed by atoms with Crippen molar-refractivity contribution in [2.24, 2.45) is 11.8 Å². The zero-order valence-electron chi connectivity index (χ0n) is 13.5. The summed E-state index contributed by atoms with van der Waals surface area (Å²) in [7, 11) is 0. The molecule has 2 amide bonds. The molecule has 1 heterocycles. The van der Waals surface area contributed by atoms with Gasteiger partial charge in [-0.3, -0.25) is 14.5 Å². The minimum Gasteiger partial charge on any atom is -0.389 e. The summed E-state index contributed by atoms with van der Waals surface area (Å²) < 4.78 is 18.8. The molecule has 24 heavy (non-hydrogen) atoms. The summed E-state index contributed by atoms with van der Waals surface area (Å²) in [6.07, 6.45) is 2.49. The molecule has 5 nitrogen and oxygen atoms in total. The van der Waals surface area contributed by atoms with Crippen molar-refractivity contribution in [2.45, 2.75) is 38.4 Å². The van der Waals surface area contributed by atoms with Crippen molar-refractivity contribution in [1.29, 1.82) is 0 Å². The highest BCUT2D eigenvalue weighted by Gasteiger charge is 2.48. The van der Waals surface area contributed by atoms with Crippen molar-refractivity contribution < 1.29 is 23.8 Å². The van der Waals surface area contributed by atoms with E-state index >= 15 is 0 Å². The van der Waals surface area contributed by atoms with Gasteiger partial charge >= 0.3 is 0 Å². The Kier molecular flexibility index (Phi) is 5.26. The van der Waals surface area contributed by atoms with Crippen LogP contribution < -0.4 is 0 Å². The van der Waals surface area contributed by atoms with E-state index in [0.717, 1.165) is 25.7 Å². The average molecular weight is 335 g/mol. The number of amides is 2. The predicted octanol–water partition coefficient (Wildman–Crippen LogP) is 1.88. The Labute approximate surface area is 140 Å². The summed E-state index contributed by atoms with van der Waals surface area (Å²) >= 11 is 0. The van der Waals surface area contributed by atoms with E-state index in [1.54, 1.807) is 18.2 Å². The van der Waals surface area contributed by atoms with Gasteiger partial charge in [-0.25, -0.2) is 4.39 Å². The van der Waals surface area contributed by atoms with Crippen LogP contribution in [0.3, 0.4) is 0 Å². The number of carbonyl (C=O) groups excluding carboxylic acids is 2. The number of aliphatic hydroxyl groups is 1. The molecule has 6 heteroatoms. The highest BCUT2D eigenvalue weighted by molar-refractivity contribution is 6.05. The molecule has 1 saturated carbocycles. The number of likely N-dealkylation sites (tertiary alicyclic amines) is 1. The number of ether oxygens (including phenoxy) is 1. The standard InChI is InChI=1S/C18H22FNO4/c19-16-8-4-1-5-12(16)10-24-11-13(21)9-20-17(22)14-6-2-3-7-15(14)18(20)23/h1,4-5,8,13-15,21H,2-3,6-7,9-11H2/t13-,14-,15-/m1/s1. The van der Waals surface area contributed by atoms with E-state index in [1.807, 2.05) is 0 Å². The van der Waals surface area contributed by atoms with Gasteiger partial charge in [0, 0.05) is 5.56 Å². The number of rotatable bonds is 6.